The Labute approximate surface area is 173 Å². The molecule has 1 aliphatic carbocycles. The third kappa shape index (κ3) is 4.11. The molecule has 1 aliphatic rings. The van der Waals surface area contributed by atoms with Crippen LogP contribution >= 0.6 is 0 Å². The molecule has 0 saturated heterocycles. The van der Waals surface area contributed by atoms with E-state index >= 15 is 0 Å². The van der Waals surface area contributed by atoms with Crippen LogP contribution in [0, 0.1) is 28.4 Å². The van der Waals surface area contributed by atoms with Crippen LogP contribution in [-0.2, 0) is 6.18 Å². The Bertz CT molecular complexity index is 1180. The number of aromatic hydroxyl groups is 1. The Morgan fingerprint density at radius 3 is 2.48 bits per heavy atom. The minimum absolute atomic E-state index is 0.0287. The van der Waals surface area contributed by atoms with Crippen molar-refractivity contribution in [1.29, 1.82) is 5.26 Å². The molecular weight excluding hydrogens is 419 g/mol. The predicted octanol–water partition coefficient (Wildman–Crippen LogP) is 5.19. The molecule has 1 aromatic heterocycles. The summed E-state index contributed by atoms with van der Waals surface area (Å²) in [5.74, 6) is -0.481. The van der Waals surface area contributed by atoms with Crippen LogP contribution in [0.4, 0.5) is 30.2 Å². The molecule has 162 valence electrons. The van der Waals surface area contributed by atoms with E-state index < -0.39 is 33.8 Å². The zero-order valence-electron chi connectivity index (χ0n) is 16.2. The second kappa shape index (κ2) is 8.17. The molecule has 1 aromatic carbocycles. The summed E-state index contributed by atoms with van der Waals surface area (Å²) in [6.45, 7) is 1.37. The SMILES string of the molecule is Cc1c(C#N)c(O)n(C2CCCC2)c(=O)c1N=Nc1ccc([N+](=O)[O-])c(C(F)(F)F)c1. The molecule has 2 aromatic rings. The van der Waals surface area contributed by atoms with Crippen LogP contribution in [-0.4, -0.2) is 14.6 Å². The lowest BCUT2D eigenvalue weighted by Crippen LogP contribution is -2.24. The highest BCUT2D eigenvalue weighted by Gasteiger charge is 2.38. The first-order valence-corrected chi connectivity index (χ1v) is 9.21. The van der Waals surface area contributed by atoms with Gasteiger partial charge in [-0.05, 0) is 31.9 Å². The van der Waals surface area contributed by atoms with E-state index in [2.05, 4.69) is 10.2 Å². The minimum Gasteiger partial charge on any atom is -0.493 e. The molecule has 12 heteroatoms. The average Bonchev–Trinajstić information content (AvgIpc) is 3.21. The molecule has 3 rings (SSSR count). The van der Waals surface area contributed by atoms with Gasteiger partial charge in [0.1, 0.15) is 17.2 Å². The van der Waals surface area contributed by atoms with Crippen LogP contribution in [0.15, 0.2) is 33.2 Å². The van der Waals surface area contributed by atoms with Crippen molar-refractivity contribution in [2.45, 2.75) is 44.8 Å². The van der Waals surface area contributed by atoms with Gasteiger partial charge in [-0.15, -0.1) is 5.11 Å². The fourth-order valence-corrected chi connectivity index (χ4v) is 3.61. The molecule has 1 fully saturated rings. The Morgan fingerprint density at radius 2 is 1.94 bits per heavy atom. The van der Waals surface area contributed by atoms with Gasteiger partial charge in [-0.25, -0.2) is 0 Å². The summed E-state index contributed by atoms with van der Waals surface area (Å²) < 4.78 is 40.5. The highest BCUT2D eigenvalue weighted by Crippen LogP contribution is 2.39. The molecule has 1 N–H and O–H groups in total. The number of halogens is 3. The van der Waals surface area contributed by atoms with Gasteiger partial charge in [-0.3, -0.25) is 19.5 Å². The Balaban J connectivity index is 2.13. The standard InChI is InChI=1S/C19H16F3N5O4/c1-10-13(9-23)17(28)26(12-4-2-3-5-12)18(29)16(10)25-24-11-6-7-15(27(30)31)14(8-11)19(20,21)22/h6-8,12,28H,2-5H2,1H3. The molecule has 0 bridgehead atoms. The summed E-state index contributed by atoms with van der Waals surface area (Å²) in [6, 6.07) is 3.55. The smallest absolute Gasteiger partial charge is 0.423 e. The van der Waals surface area contributed by atoms with E-state index in [9.17, 15) is 38.4 Å². The van der Waals surface area contributed by atoms with Crippen molar-refractivity contribution < 1.29 is 23.2 Å². The van der Waals surface area contributed by atoms with Crippen LogP contribution < -0.4 is 5.56 Å². The Kier molecular flexibility index (Phi) is 5.79. The Morgan fingerprint density at radius 1 is 1.29 bits per heavy atom. The summed E-state index contributed by atoms with van der Waals surface area (Å²) in [4.78, 5) is 22.6. The van der Waals surface area contributed by atoms with Crippen molar-refractivity contribution >= 4 is 17.1 Å². The van der Waals surface area contributed by atoms with Crippen molar-refractivity contribution in [1.82, 2.24) is 4.57 Å². The van der Waals surface area contributed by atoms with Crippen LogP contribution in [0.25, 0.3) is 0 Å². The Hall–Kier alpha value is -3.75. The van der Waals surface area contributed by atoms with Crippen molar-refractivity contribution in [2.24, 2.45) is 10.2 Å². The lowest BCUT2D eigenvalue weighted by Gasteiger charge is -2.18. The number of rotatable bonds is 4. The molecule has 0 aliphatic heterocycles. The second-order valence-electron chi connectivity index (χ2n) is 7.05. The number of benzene rings is 1. The molecule has 1 heterocycles. The number of nitro benzene ring substituents is 1. The fourth-order valence-electron chi connectivity index (χ4n) is 3.61. The minimum atomic E-state index is -4.99. The van der Waals surface area contributed by atoms with Crippen LogP contribution in [0.3, 0.4) is 0 Å². The maximum atomic E-state index is 13.2. The van der Waals surface area contributed by atoms with Crippen molar-refractivity contribution in [3.63, 3.8) is 0 Å². The number of hydrogen-bond acceptors (Lipinski definition) is 7. The molecule has 0 spiro atoms. The average molecular weight is 435 g/mol. The normalized spacial score (nSPS) is 14.8. The van der Waals surface area contributed by atoms with E-state index in [1.807, 2.05) is 6.07 Å². The van der Waals surface area contributed by atoms with E-state index in [0.717, 1.165) is 23.5 Å². The summed E-state index contributed by atoms with van der Waals surface area (Å²) in [5, 5.41) is 38.1. The first-order chi connectivity index (χ1) is 14.6. The number of alkyl halides is 3. The molecule has 31 heavy (non-hydrogen) atoms. The number of hydrogen-bond donors (Lipinski definition) is 1. The number of pyridine rings is 1. The monoisotopic (exact) mass is 435 g/mol. The third-order valence-corrected chi connectivity index (χ3v) is 5.15. The topological polar surface area (TPSA) is 134 Å². The maximum Gasteiger partial charge on any atom is 0.423 e. The molecule has 0 amide bonds. The predicted molar refractivity (Wildman–Crippen MR) is 102 cm³/mol. The maximum absolute atomic E-state index is 13.2. The third-order valence-electron chi connectivity index (χ3n) is 5.15. The largest absolute Gasteiger partial charge is 0.493 e. The number of nitrogens with zero attached hydrogens (tertiary/aromatic N) is 5. The van der Waals surface area contributed by atoms with Crippen LogP contribution in [0.1, 0.15) is 48.4 Å². The quantitative estimate of drug-likeness (QED) is 0.401. The van der Waals surface area contributed by atoms with Crippen molar-refractivity contribution in [2.75, 3.05) is 0 Å². The van der Waals surface area contributed by atoms with Gasteiger partial charge in [0.05, 0.1) is 10.6 Å². The van der Waals surface area contributed by atoms with E-state index in [1.165, 1.54) is 6.92 Å². The van der Waals surface area contributed by atoms with Gasteiger partial charge >= 0.3 is 6.18 Å². The van der Waals surface area contributed by atoms with E-state index in [0.29, 0.717) is 25.0 Å². The lowest BCUT2D eigenvalue weighted by atomic mass is 10.1. The molecular formula is C19H16F3N5O4. The highest BCUT2D eigenvalue weighted by atomic mass is 19.4. The fraction of sp³-hybridized carbons (Fsp3) is 0.368. The summed E-state index contributed by atoms with van der Waals surface area (Å²) in [5.41, 5.74) is -4.17. The zero-order chi connectivity index (χ0) is 22.9. The number of aromatic nitrogens is 1. The lowest BCUT2D eigenvalue weighted by molar-refractivity contribution is -0.388. The van der Waals surface area contributed by atoms with Gasteiger partial charge in [0, 0.05) is 17.7 Å². The van der Waals surface area contributed by atoms with Gasteiger partial charge in [0.2, 0.25) is 5.88 Å². The van der Waals surface area contributed by atoms with Crippen LogP contribution in [0.2, 0.25) is 0 Å². The van der Waals surface area contributed by atoms with E-state index in [1.54, 1.807) is 0 Å². The van der Waals surface area contributed by atoms with Gasteiger partial charge in [-0.1, -0.05) is 12.8 Å². The van der Waals surface area contributed by atoms with Gasteiger partial charge in [0.25, 0.3) is 11.2 Å². The van der Waals surface area contributed by atoms with Crippen molar-refractivity contribution in [3.8, 4) is 11.9 Å². The molecule has 0 atom stereocenters. The van der Waals surface area contributed by atoms with Gasteiger partial charge < -0.3 is 5.11 Å². The summed E-state index contributed by atoms with van der Waals surface area (Å²) >= 11 is 0. The number of azo groups is 1. The highest BCUT2D eigenvalue weighted by molar-refractivity contribution is 5.57. The first-order valence-electron chi connectivity index (χ1n) is 9.21. The van der Waals surface area contributed by atoms with Crippen molar-refractivity contribution in [3.05, 3.63) is 55.4 Å². The molecule has 1 saturated carbocycles. The van der Waals surface area contributed by atoms with Gasteiger partial charge in [0.15, 0.2) is 5.69 Å². The second-order valence-corrected chi connectivity index (χ2v) is 7.05. The molecule has 0 radical (unpaired) electrons. The number of nitro groups is 1. The van der Waals surface area contributed by atoms with Gasteiger partial charge in [-0.2, -0.15) is 23.5 Å². The molecule has 9 nitrogen and oxygen atoms in total. The molecule has 0 unspecified atom stereocenters. The number of nitriles is 1. The summed E-state index contributed by atoms with van der Waals surface area (Å²) in [7, 11) is 0. The van der Waals surface area contributed by atoms with E-state index in [4.69, 9.17) is 0 Å². The zero-order valence-corrected chi connectivity index (χ0v) is 16.2. The summed E-state index contributed by atoms with van der Waals surface area (Å²) in [6.07, 6.45) is -2.07. The van der Waals surface area contributed by atoms with E-state index in [-0.39, 0.29) is 28.5 Å². The van der Waals surface area contributed by atoms with Crippen LogP contribution in [0.5, 0.6) is 5.88 Å². The first kappa shape index (κ1) is 21.9.